The zero-order valence-corrected chi connectivity index (χ0v) is 10.7. The summed E-state index contributed by atoms with van der Waals surface area (Å²) in [5, 5.41) is 0. The highest BCUT2D eigenvalue weighted by atomic mass is 16.5. The van der Waals surface area contributed by atoms with E-state index in [9.17, 15) is 0 Å². The molecule has 0 fully saturated rings. The van der Waals surface area contributed by atoms with Crippen molar-refractivity contribution < 1.29 is 4.74 Å². The maximum Gasteiger partial charge on any atom is 0.179 e. The van der Waals surface area contributed by atoms with Gasteiger partial charge in [-0.05, 0) is 6.92 Å². The van der Waals surface area contributed by atoms with Crippen LogP contribution in [0.5, 0.6) is 0 Å². The predicted molar refractivity (Wildman–Crippen MR) is 74.1 cm³/mol. The Morgan fingerprint density at radius 3 is 1.61 bits per heavy atom. The van der Waals surface area contributed by atoms with Crippen LogP contribution in [0.2, 0.25) is 0 Å². The molecule has 90 valence electrons. The zero-order valence-electron chi connectivity index (χ0n) is 10.7. The molecule has 0 N–H and O–H groups in total. The summed E-state index contributed by atoms with van der Waals surface area (Å²) < 4.78 is 5.78. The minimum absolute atomic E-state index is 0.683. The van der Waals surface area contributed by atoms with Crippen LogP contribution in [0.1, 0.15) is 18.1 Å². The van der Waals surface area contributed by atoms with Crippen molar-refractivity contribution in [1.82, 2.24) is 0 Å². The van der Waals surface area contributed by atoms with Crippen molar-refractivity contribution in [3.63, 3.8) is 0 Å². The number of rotatable bonds is 3. The first kappa shape index (κ1) is 12.4. The molecule has 0 saturated heterocycles. The monoisotopic (exact) mass is 236 g/mol. The molecule has 0 aromatic heterocycles. The Labute approximate surface area is 108 Å². The summed E-state index contributed by atoms with van der Waals surface area (Å²) in [5.41, 5.74) is 1.41. The summed E-state index contributed by atoms with van der Waals surface area (Å²) in [5.74, 6) is 6.19. The molecule has 0 radical (unpaired) electrons. The molecule has 1 nitrogen and oxygen atoms in total. The smallest absolute Gasteiger partial charge is 0.179 e. The molecule has 0 aliphatic carbocycles. The van der Waals surface area contributed by atoms with E-state index in [0.717, 1.165) is 11.1 Å². The van der Waals surface area contributed by atoms with E-state index in [4.69, 9.17) is 4.74 Å². The fourth-order valence-electron chi connectivity index (χ4n) is 2.12. The van der Waals surface area contributed by atoms with E-state index >= 15 is 0 Å². The Morgan fingerprint density at radius 1 is 0.833 bits per heavy atom. The Kier molecular flexibility index (Phi) is 3.82. The maximum atomic E-state index is 5.78. The van der Waals surface area contributed by atoms with Gasteiger partial charge in [0.15, 0.2) is 5.60 Å². The van der Waals surface area contributed by atoms with Crippen LogP contribution >= 0.6 is 0 Å². The largest absolute Gasteiger partial charge is 0.357 e. The third-order valence-electron chi connectivity index (χ3n) is 2.97. The topological polar surface area (TPSA) is 9.23 Å². The molecular formula is C17H16O. The van der Waals surface area contributed by atoms with E-state index in [-0.39, 0.29) is 0 Å². The second-order valence-electron chi connectivity index (χ2n) is 3.99. The Bertz CT molecular complexity index is 507. The van der Waals surface area contributed by atoms with Gasteiger partial charge < -0.3 is 4.74 Å². The van der Waals surface area contributed by atoms with Crippen LogP contribution in [-0.4, -0.2) is 7.11 Å². The average molecular weight is 236 g/mol. The van der Waals surface area contributed by atoms with E-state index in [1.54, 1.807) is 7.11 Å². The van der Waals surface area contributed by atoms with Gasteiger partial charge in [-0.25, -0.2) is 0 Å². The predicted octanol–water partition coefficient (Wildman–Crippen LogP) is 3.60. The van der Waals surface area contributed by atoms with Crippen molar-refractivity contribution in [3.05, 3.63) is 71.8 Å². The molecule has 0 aliphatic rings. The van der Waals surface area contributed by atoms with Crippen LogP contribution in [0.3, 0.4) is 0 Å². The summed E-state index contributed by atoms with van der Waals surface area (Å²) in [6.07, 6.45) is 0. The van der Waals surface area contributed by atoms with E-state index in [1.807, 2.05) is 67.6 Å². The van der Waals surface area contributed by atoms with Crippen LogP contribution in [-0.2, 0) is 10.3 Å². The summed E-state index contributed by atoms with van der Waals surface area (Å²) in [4.78, 5) is 0. The summed E-state index contributed by atoms with van der Waals surface area (Å²) in [6, 6.07) is 20.2. The Balaban J connectivity index is 2.64. The highest BCUT2D eigenvalue weighted by Crippen LogP contribution is 2.32. The second kappa shape index (κ2) is 5.53. The van der Waals surface area contributed by atoms with E-state index in [2.05, 4.69) is 11.8 Å². The van der Waals surface area contributed by atoms with E-state index in [0.29, 0.717) is 0 Å². The summed E-state index contributed by atoms with van der Waals surface area (Å²) >= 11 is 0. The fraction of sp³-hybridized carbons (Fsp3) is 0.176. The van der Waals surface area contributed by atoms with Crippen LogP contribution in [0.25, 0.3) is 0 Å². The minimum atomic E-state index is -0.683. The van der Waals surface area contributed by atoms with Crippen LogP contribution in [0.4, 0.5) is 0 Å². The molecule has 0 amide bonds. The lowest BCUT2D eigenvalue weighted by Gasteiger charge is -2.28. The quantitative estimate of drug-likeness (QED) is 0.740. The normalized spacial score (nSPS) is 10.6. The van der Waals surface area contributed by atoms with Gasteiger partial charge in [-0.3, -0.25) is 0 Å². The Morgan fingerprint density at radius 2 is 1.28 bits per heavy atom. The lowest BCUT2D eigenvalue weighted by Crippen LogP contribution is -2.28. The van der Waals surface area contributed by atoms with Gasteiger partial charge in [0, 0.05) is 18.2 Å². The summed E-state index contributed by atoms with van der Waals surface area (Å²) in [7, 11) is 1.70. The van der Waals surface area contributed by atoms with E-state index < -0.39 is 5.60 Å². The zero-order chi connectivity index (χ0) is 12.8. The van der Waals surface area contributed by atoms with Gasteiger partial charge in [-0.15, -0.1) is 5.92 Å². The van der Waals surface area contributed by atoms with E-state index in [1.165, 1.54) is 0 Å². The number of hydrogen-bond acceptors (Lipinski definition) is 1. The molecule has 1 heteroatoms. The highest BCUT2D eigenvalue weighted by molar-refractivity contribution is 5.44. The standard InChI is InChI=1S/C17H16O/c1-3-14-17(18-2,15-10-6-4-7-11-15)16-12-8-5-9-13-16/h4-13H,1-2H3. The molecule has 18 heavy (non-hydrogen) atoms. The molecule has 0 aliphatic heterocycles. The molecule has 0 atom stereocenters. The van der Waals surface area contributed by atoms with Gasteiger partial charge in [0.2, 0.25) is 0 Å². The molecule has 2 rings (SSSR count). The first-order valence-electron chi connectivity index (χ1n) is 5.93. The SMILES string of the molecule is CC#CC(OC)(c1ccccc1)c1ccccc1. The van der Waals surface area contributed by atoms with Crippen molar-refractivity contribution in [2.45, 2.75) is 12.5 Å². The molecule has 2 aromatic rings. The fourth-order valence-corrected chi connectivity index (χ4v) is 2.12. The molecule has 0 bridgehead atoms. The van der Waals surface area contributed by atoms with Gasteiger partial charge in [0.1, 0.15) is 0 Å². The van der Waals surface area contributed by atoms with Gasteiger partial charge in [-0.2, -0.15) is 0 Å². The van der Waals surface area contributed by atoms with Gasteiger partial charge in [0.05, 0.1) is 0 Å². The molecular weight excluding hydrogens is 220 g/mol. The number of benzene rings is 2. The first-order chi connectivity index (χ1) is 8.83. The molecule has 0 spiro atoms. The van der Waals surface area contributed by atoms with Crippen molar-refractivity contribution in [3.8, 4) is 11.8 Å². The molecule has 2 aromatic carbocycles. The van der Waals surface area contributed by atoms with Gasteiger partial charge >= 0.3 is 0 Å². The average Bonchev–Trinajstić information content (AvgIpc) is 2.47. The van der Waals surface area contributed by atoms with Crippen LogP contribution in [0.15, 0.2) is 60.7 Å². The number of hydrogen-bond donors (Lipinski definition) is 0. The molecule has 0 unspecified atom stereocenters. The Hall–Kier alpha value is -2.04. The van der Waals surface area contributed by atoms with Gasteiger partial charge in [0.25, 0.3) is 0 Å². The van der Waals surface area contributed by atoms with Crippen LogP contribution < -0.4 is 0 Å². The van der Waals surface area contributed by atoms with Crippen molar-refractivity contribution in [2.24, 2.45) is 0 Å². The van der Waals surface area contributed by atoms with Crippen molar-refractivity contribution in [1.29, 1.82) is 0 Å². The third kappa shape index (κ3) is 2.16. The maximum absolute atomic E-state index is 5.78. The second-order valence-corrected chi connectivity index (χ2v) is 3.99. The highest BCUT2D eigenvalue weighted by Gasteiger charge is 2.31. The number of ether oxygens (including phenoxy) is 1. The lowest BCUT2D eigenvalue weighted by molar-refractivity contribution is 0.0742. The lowest BCUT2D eigenvalue weighted by atomic mass is 9.86. The molecule has 0 heterocycles. The van der Waals surface area contributed by atoms with Crippen molar-refractivity contribution in [2.75, 3.05) is 7.11 Å². The number of methoxy groups -OCH3 is 1. The first-order valence-corrected chi connectivity index (χ1v) is 5.93. The molecule has 0 saturated carbocycles. The van der Waals surface area contributed by atoms with Gasteiger partial charge in [-0.1, -0.05) is 66.6 Å². The summed E-state index contributed by atoms with van der Waals surface area (Å²) in [6.45, 7) is 1.83. The van der Waals surface area contributed by atoms with Crippen LogP contribution in [0, 0.1) is 11.8 Å². The van der Waals surface area contributed by atoms with Crippen molar-refractivity contribution >= 4 is 0 Å². The minimum Gasteiger partial charge on any atom is -0.357 e. The third-order valence-corrected chi connectivity index (χ3v) is 2.97.